The molecule has 45 heavy (non-hydrogen) atoms. The van der Waals surface area contributed by atoms with Gasteiger partial charge in [0.15, 0.2) is 0 Å². The molecule has 3 aromatic rings. The monoisotopic (exact) mass is 631 g/mol. The number of aliphatic hydroxyl groups excluding tert-OH is 3. The molecule has 246 valence electrons. The Morgan fingerprint density at radius 2 is 1.31 bits per heavy atom. The van der Waals surface area contributed by atoms with E-state index in [1.54, 1.807) is 0 Å². The molecule has 2 aliphatic rings. The lowest BCUT2D eigenvalue weighted by molar-refractivity contribution is 0.0134. The zero-order valence-corrected chi connectivity index (χ0v) is 26.2. The fraction of sp³-hybridized carbons (Fsp3) is 0.500. The van der Waals surface area contributed by atoms with Crippen LogP contribution in [-0.2, 0) is 28.5 Å². The van der Waals surface area contributed by atoms with Gasteiger partial charge in [-0.2, -0.15) is 0 Å². The molecule has 0 radical (unpaired) electrons. The fourth-order valence-electron chi connectivity index (χ4n) is 5.93. The first kappa shape index (κ1) is 35.0. The van der Waals surface area contributed by atoms with E-state index in [2.05, 4.69) is 50.4 Å². The summed E-state index contributed by atoms with van der Waals surface area (Å²) in [6, 6.07) is 15.1. The largest absolute Gasteiger partial charge is 0.390 e. The van der Waals surface area contributed by atoms with Crippen LogP contribution in [0.1, 0.15) is 75.1 Å². The summed E-state index contributed by atoms with van der Waals surface area (Å²) in [5.41, 5.74) is 3.06. The van der Waals surface area contributed by atoms with Crippen LogP contribution in [0.5, 0.6) is 0 Å². The summed E-state index contributed by atoms with van der Waals surface area (Å²) in [7, 11) is 0. The summed E-state index contributed by atoms with van der Waals surface area (Å²) in [4.78, 5) is 0. The number of aliphatic hydroxyl groups is 3. The molecule has 0 amide bonds. The second-order valence-electron chi connectivity index (χ2n) is 13.4. The normalized spacial score (nSPS) is 19.6. The number of halogens is 4. The van der Waals surface area contributed by atoms with Gasteiger partial charge in [-0.25, -0.2) is 17.6 Å². The van der Waals surface area contributed by atoms with Crippen LogP contribution in [0.4, 0.5) is 17.6 Å². The maximum atomic E-state index is 13.4. The number of epoxide rings is 1. The van der Waals surface area contributed by atoms with Gasteiger partial charge in [-0.05, 0) is 64.8 Å². The minimum Gasteiger partial charge on any atom is -0.390 e. The number of rotatable bonds is 10. The van der Waals surface area contributed by atoms with E-state index in [0.717, 1.165) is 37.8 Å². The number of benzene rings is 3. The highest BCUT2D eigenvalue weighted by atomic mass is 19.1. The number of nitrogens with one attached hydrogen (secondary N) is 1. The zero-order valence-electron chi connectivity index (χ0n) is 26.2. The molecule has 4 N–H and O–H groups in total. The summed E-state index contributed by atoms with van der Waals surface area (Å²) >= 11 is 0. The highest BCUT2D eigenvalue weighted by molar-refractivity contribution is 5.34. The van der Waals surface area contributed by atoms with Gasteiger partial charge in [0.2, 0.25) is 0 Å². The predicted octanol–water partition coefficient (Wildman–Crippen LogP) is 6.24. The van der Waals surface area contributed by atoms with Crippen molar-refractivity contribution in [3.63, 3.8) is 0 Å². The lowest BCUT2D eigenvalue weighted by atomic mass is 9.74. The molecular weight excluding hydrogens is 586 g/mol. The maximum absolute atomic E-state index is 13.4. The van der Waals surface area contributed by atoms with Crippen molar-refractivity contribution in [1.29, 1.82) is 0 Å². The van der Waals surface area contributed by atoms with E-state index < -0.39 is 41.6 Å². The summed E-state index contributed by atoms with van der Waals surface area (Å²) in [5, 5.41) is 34.1. The van der Waals surface area contributed by atoms with Crippen LogP contribution in [0.15, 0.2) is 60.7 Å². The third kappa shape index (κ3) is 10.3. The summed E-state index contributed by atoms with van der Waals surface area (Å²) in [6.45, 7) is 7.32. The van der Waals surface area contributed by atoms with Gasteiger partial charge < -0.3 is 25.4 Å². The first-order chi connectivity index (χ1) is 21.2. The standard InChI is InChI=1S/C26H35F2NO2.C10H10F2O2/c1-25(2,3)19-8-7-9-20(15-19)26(10-5-4-6-11-26)29-17-24(31)23(30)14-18-12-21(27)16-22(28)13-18;11-7-1-6(2-8(12)4-7)3-9(13)10-5-14-10/h7-9,12-13,15-16,23-24,29-31H,4-6,10-11,14,17H2,1-3H3;1-2,4,9-10,13H,3,5H2. The highest BCUT2D eigenvalue weighted by Gasteiger charge is 2.35. The Labute approximate surface area is 263 Å². The Balaban J connectivity index is 0.000000273. The van der Waals surface area contributed by atoms with Crippen LogP contribution in [0.2, 0.25) is 0 Å². The summed E-state index contributed by atoms with van der Waals surface area (Å²) in [6.07, 6.45) is 2.56. The summed E-state index contributed by atoms with van der Waals surface area (Å²) in [5.74, 6) is -2.61. The third-order valence-electron chi connectivity index (χ3n) is 8.60. The molecule has 4 unspecified atom stereocenters. The van der Waals surface area contributed by atoms with Crippen LogP contribution in [0.25, 0.3) is 0 Å². The Morgan fingerprint density at radius 3 is 1.82 bits per heavy atom. The van der Waals surface area contributed by atoms with Crippen molar-refractivity contribution in [3.05, 3.63) is 106 Å². The van der Waals surface area contributed by atoms with Crippen LogP contribution < -0.4 is 5.32 Å². The molecule has 2 fully saturated rings. The van der Waals surface area contributed by atoms with Crippen LogP contribution in [0.3, 0.4) is 0 Å². The average Bonchev–Trinajstić information content (AvgIpc) is 3.81. The number of ether oxygens (including phenoxy) is 1. The van der Waals surface area contributed by atoms with Gasteiger partial charge in [-0.15, -0.1) is 0 Å². The number of hydrogen-bond donors (Lipinski definition) is 4. The topological polar surface area (TPSA) is 85.2 Å². The zero-order chi connectivity index (χ0) is 32.8. The molecule has 5 rings (SSSR count). The van der Waals surface area contributed by atoms with E-state index >= 15 is 0 Å². The molecule has 0 aromatic heterocycles. The van der Waals surface area contributed by atoms with Crippen LogP contribution >= 0.6 is 0 Å². The molecular formula is C36H45F4NO4. The molecule has 9 heteroatoms. The highest BCUT2D eigenvalue weighted by Crippen LogP contribution is 2.38. The molecule has 0 bridgehead atoms. The van der Waals surface area contributed by atoms with E-state index in [4.69, 9.17) is 4.74 Å². The molecule has 0 spiro atoms. The van der Waals surface area contributed by atoms with Gasteiger partial charge in [0.05, 0.1) is 24.9 Å². The SMILES string of the molecule is CC(C)(C)c1cccc(C2(NCC(O)C(O)Cc3cc(F)cc(F)c3)CCCCC2)c1.OC(Cc1cc(F)cc(F)c1)C1CO1. The molecule has 1 saturated heterocycles. The summed E-state index contributed by atoms with van der Waals surface area (Å²) < 4.78 is 57.2. The van der Waals surface area contributed by atoms with Crippen LogP contribution in [-0.4, -0.2) is 52.9 Å². The third-order valence-corrected chi connectivity index (χ3v) is 8.60. The van der Waals surface area contributed by atoms with Crippen molar-refractivity contribution in [1.82, 2.24) is 5.32 Å². The first-order valence-electron chi connectivity index (χ1n) is 15.7. The minimum absolute atomic E-state index is 0.00988. The quantitative estimate of drug-likeness (QED) is 0.157. The Kier molecular flexibility index (Phi) is 11.8. The minimum atomic E-state index is -1.12. The maximum Gasteiger partial charge on any atom is 0.126 e. The Hall–Kier alpha value is -2.82. The Bertz CT molecular complexity index is 1360. The molecule has 1 aliphatic carbocycles. The van der Waals surface area contributed by atoms with E-state index in [1.807, 2.05) is 0 Å². The predicted molar refractivity (Wildman–Crippen MR) is 166 cm³/mol. The van der Waals surface area contributed by atoms with Crippen LogP contribution in [0, 0.1) is 23.3 Å². The van der Waals surface area contributed by atoms with Crippen molar-refractivity contribution >= 4 is 0 Å². The van der Waals surface area contributed by atoms with Crippen molar-refractivity contribution in [2.24, 2.45) is 0 Å². The molecule has 1 aliphatic heterocycles. The van der Waals surface area contributed by atoms with E-state index in [-0.39, 0.29) is 36.4 Å². The fourth-order valence-corrected chi connectivity index (χ4v) is 5.93. The number of hydrogen-bond acceptors (Lipinski definition) is 5. The lowest BCUT2D eigenvalue weighted by Gasteiger charge is -2.40. The lowest BCUT2D eigenvalue weighted by Crippen LogP contribution is -2.49. The van der Waals surface area contributed by atoms with Gasteiger partial charge >= 0.3 is 0 Å². The first-order valence-corrected chi connectivity index (χ1v) is 15.7. The second-order valence-corrected chi connectivity index (χ2v) is 13.4. The molecule has 3 aromatic carbocycles. The van der Waals surface area contributed by atoms with Crippen molar-refractivity contribution in [2.45, 2.75) is 101 Å². The van der Waals surface area contributed by atoms with Gasteiger partial charge in [0, 0.05) is 37.1 Å². The molecule has 1 heterocycles. The van der Waals surface area contributed by atoms with E-state index in [1.165, 1.54) is 41.8 Å². The van der Waals surface area contributed by atoms with E-state index in [0.29, 0.717) is 17.7 Å². The average molecular weight is 632 g/mol. The van der Waals surface area contributed by atoms with Gasteiger partial charge in [0.25, 0.3) is 0 Å². The van der Waals surface area contributed by atoms with Crippen molar-refractivity contribution < 1.29 is 37.6 Å². The second kappa shape index (κ2) is 15.2. The van der Waals surface area contributed by atoms with Crippen molar-refractivity contribution in [3.8, 4) is 0 Å². The van der Waals surface area contributed by atoms with Crippen molar-refractivity contribution in [2.75, 3.05) is 13.2 Å². The Morgan fingerprint density at radius 1 is 0.778 bits per heavy atom. The van der Waals surface area contributed by atoms with Gasteiger partial charge in [0.1, 0.15) is 29.4 Å². The van der Waals surface area contributed by atoms with Gasteiger partial charge in [-0.1, -0.05) is 64.3 Å². The smallest absolute Gasteiger partial charge is 0.126 e. The molecule has 4 atom stereocenters. The molecule has 1 saturated carbocycles. The van der Waals surface area contributed by atoms with E-state index in [9.17, 15) is 32.9 Å². The van der Waals surface area contributed by atoms with Gasteiger partial charge in [-0.3, -0.25) is 0 Å². The molecule has 5 nitrogen and oxygen atoms in total.